The molecule has 3 nitrogen and oxygen atoms in total. The third-order valence-electron chi connectivity index (χ3n) is 8.87. The normalized spacial score (nSPS) is 16.6. The number of nitrogens with zero attached hydrogens (tertiary/aromatic N) is 2. The fraction of sp³-hybridized carbons (Fsp3) is 0.184. The fourth-order valence-corrected chi connectivity index (χ4v) is 6.06. The second-order valence-electron chi connectivity index (χ2n) is 13.5. The Morgan fingerprint density at radius 1 is 0.604 bits per heavy atom. The quantitative estimate of drug-likeness (QED) is 0.165. The molecule has 0 saturated heterocycles. The average molecular weight is 884 g/mol. The van der Waals surface area contributed by atoms with E-state index in [1.807, 2.05) is 57.2 Å². The zero-order valence-electron chi connectivity index (χ0n) is 44.2. The van der Waals surface area contributed by atoms with E-state index in [4.69, 9.17) is 25.0 Å². The molecule has 0 saturated carbocycles. The minimum Gasteiger partial charge on any atom is -0.500 e. The number of aromatic nitrogens is 2. The maximum atomic E-state index is 8.26. The van der Waals surface area contributed by atoms with Crippen molar-refractivity contribution in [1.29, 1.82) is 0 Å². The zero-order chi connectivity index (χ0) is 49.1. The minimum absolute atomic E-state index is 0. The largest absolute Gasteiger partial charge is 0.500 e. The van der Waals surface area contributed by atoms with Crippen LogP contribution in [0.1, 0.15) is 74.7 Å². The number of hydrogen-bond acceptors (Lipinski definition) is 3. The van der Waals surface area contributed by atoms with Crippen molar-refractivity contribution in [2.45, 2.75) is 60.4 Å². The number of rotatable bonds is 4. The van der Waals surface area contributed by atoms with Crippen LogP contribution in [0, 0.1) is 46.4 Å². The Hall–Kier alpha value is -5.15. The maximum absolute atomic E-state index is 8.26. The van der Waals surface area contributed by atoms with Gasteiger partial charge in [-0.25, -0.2) is 0 Å². The van der Waals surface area contributed by atoms with Gasteiger partial charge in [-0.05, 0) is 88.7 Å². The molecule has 3 aromatic heterocycles. The second-order valence-corrected chi connectivity index (χ2v) is 13.5. The minimum atomic E-state index is -2.57. The SMILES string of the molecule is [2H]C([2H])([2H])c1ccc(-c2[c-]cc(C([2H])([2H])[2H])c(-c3ccccc3)c2)nc1.[2H]C([2H])([2H])c1cnc(-c2[c-]ccc3c2oc2c(C([2H])([2H])[2H])cccc23)cc1-c1ccc(C(C)(C)C)cc1C([2H])([2H])[2H].[Ir]. The molecule has 0 atom stereocenters. The molecule has 0 spiro atoms. The predicted octanol–water partition coefficient (Wildman–Crippen LogP) is 13.2. The Balaban J connectivity index is 0.000000243. The first kappa shape index (κ1) is 22.8. The van der Waals surface area contributed by atoms with Crippen LogP contribution in [0.5, 0.6) is 0 Å². The summed E-state index contributed by atoms with van der Waals surface area (Å²) < 4.78 is 125. The molecule has 0 aliphatic rings. The van der Waals surface area contributed by atoms with Gasteiger partial charge in [-0.3, -0.25) is 0 Å². The maximum Gasteiger partial charge on any atom is 0.123 e. The molecule has 5 aromatic carbocycles. The van der Waals surface area contributed by atoms with Gasteiger partial charge in [0.15, 0.2) is 0 Å². The van der Waals surface area contributed by atoms with Crippen LogP contribution in [0.25, 0.3) is 66.7 Å². The second kappa shape index (κ2) is 15.4. The van der Waals surface area contributed by atoms with Crippen LogP contribution < -0.4 is 0 Å². The molecule has 4 heteroatoms. The van der Waals surface area contributed by atoms with E-state index in [9.17, 15) is 0 Å². The summed E-state index contributed by atoms with van der Waals surface area (Å²) in [5.74, 6) is 0. The van der Waals surface area contributed by atoms with Gasteiger partial charge < -0.3 is 14.4 Å². The van der Waals surface area contributed by atoms with Crippen LogP contribution in [-0.2, 0) is 25.5 Å². The summed E-state index contributed by atoms with van der Waals surface area (Å²) in [5.41, 5.74) is 5.16. The Morgan fingerprint density at radius 3 is 2.13 bits per heavy atom. The van der Waals surface area contributed by atoms with Crippen molar-refractivity contribution in [1.82, 2.24) is 9.97 Å². The number of para-hydroxylation sites is 1. The Morgan fingerprint density at radius 2 is 1.40 bits per heavy atom. The predicted molar refractivity (Wildman–Crippen MR) is 218 cm³/mol. The van der Waals surface area contributed by atoms with Crippen LogP contribution in [0.15, 0.2) is 126 Å². The first-order chi connectivity index (χ1) is 31.0. The van der Waals surface area contributed by atoms with Crippen LogP contribution >= 0.6 is 0 Å². The first-order valence-electron chi connectivity index (χ1n) is 24.1. The van der Waals surface area contributed by atoms with Crippen molar-refractivity contribution >= 4 is 21.9 Å². The molecule has 0 aliphatic heterocycles. The van der Waals surface area contributed by atoms with Gasteiger partial charge in [0.05, 0.1) is 5.58 Å². The Bertz CT molecular complexity index is 3090. The van der Waals surface area contributed by atoms with Crippen LogP contribution in [0.2, 0.25) is 0 Å². The van der Waals surface area contributed by atoms with Crippen LogP contribution in [-0.4, -0.2) is 9.97 Å². The molecular weight excluding hydrogens is 825 g/mol. The van der Waals surface area contributed by atoms with E-state index in [0.717, 1.165) is 11.1 Å². The fourth-order valence-electron chi connectivity index (χ4n) is 6.06. The van der Waals surface area contributed by atoms with Crippen LogP contribution in [0.3, 0.4) is 0 Å². The molecule has 0 aliphatic carbocycles. The molecule has 267 valence electrons. The molecule has 1 radical (unpaired) electrons. The van der Waals surface area contributed by atoms with Gasteiger partial charge in [-0.2, -0.15) is 0 Å². The summed E-state index contributed by atoms with van der Waals surface area (Å²) in [6, 6.07) is 36.6. The molecule has 3 heterocycles. The van der Waals surface area contributed by atoms with Gasteiger partial charge >= 0.3 is 0 Å². The van der Waals surface area contributed by atoms with Crippen molar-refractivity contribution in [2.75, 3.05) is 0 Å². The molecule has 0 bridgehead atoms. The molecule has 8 aromatic rings. The number of aryl methyl sites for hydroxylation is 5. The van der Waals surface area contributed by atoms with E-state index in [1.165, 1.54) is 30.6 Å². The van der Waals surface area contributed by atoms with Crippen molar-refractivity contribution < 1.29 is 45.1 Å². The van der Waals surface area contributed by atoms with Gasteiger partial charge in [0.2, 0.25) is 0 Å². The monoisotopic (exact) mass is 884 g/mol. The van der Waals surface area contributed by atoms with Crippen molar-refractivity contribution in [3.05, 3.63) is 167 Å². The molecule has 53 heavy (non-hydrogen) atoms. The number of furan rings is 1. The number of benzene rings is 5. The van der Waals surface area contributed by atoms with Crippen molar-refractivity contribution in [3.63, 3.8) is 0 Å². The average Bonchev–Trinajstić information content (AvgIpc) is 3.64. The smallest absolute Gasteiger partial charge is 0.123 e. The molecular formula is C49H44IrN2O-2. The molecule has 0 N–H and O–H groups in total. The molecule has 0 amide bonds. The van der Waals surface area contributed by atoms with Gasteiger partial charge in [0.1, 0.15) is 5.58 Å². The topological polar surface area (TPSA) is 38.9 Å². The standard InChI is InChI=1S/C30H28NO.C19H16N.Ir/c1-18-9-7-10-23-24-11-8-12-25(29(24)32-28(18)23)27-16-26(20(3)17-31-27)22-14-13-21(15-19(22)2)30(4,5)6;1-14-8-11-19(20-13-14)17-10-9-15(2)18(12-17)16-6-4-3-5-7-16;/h7-11,13-17H,1-6H3;3-9,11-13H,1-2H3;/q2*-1;/i1D3,2D3,3D3;1D3,2D3;. The summed E-state index contributed by atoms with van der Waals surface area (Å²) in [6.07, 6.45) is 2.55. The van der Waals surface area contributed by atoms with Crippen molar-refractivity contribution in [2.24, 2.45) is 0 Å². The molecule has 8 rings (SSSR count). The van der Waals surface area contributed by atoms with Crippen molar-refractivity contribution in [3.8, 4) is 44.8 Å². The summed E-state index contributed by atoms with van der Waals surface area (Å²) in [5, 5.41) is 1.27. The zero-order valence-corrected chi connectivity index (χ0v) is 31.6. The van der Waals surface area contributed by atoms with E-state index >= 15 is 0 Å². The third-order valence-corrected chi connectivity index (χ3v) is 8.87. The Kier molecular flexibility index (Phi) is 6.65. The summed E-state index contributed by atoms with van der Waals surface area (Å²) in [4.78, 5) is 8.65. The van der Waals surface area contributed by atoms with Gasteiger partial charge in [-0.1, -0.05) is 129 Å². The molecule has 0 fully saturated rings. The van der Waals surface area contributed by atoms with Gasteiger partial charge in [0, 0.05) is 58.4 Å². The van der Waals surface area contributed by atoms with E-state index in [2.05, 4.69) is 22.1 Å². The molecule has 0 unspecified atom stereocenters. The van der Waals surface area contributed by atoms with E-state index in [0.29, 0.717) is 44.4 Å². The van der Waals surface area contributed by atoms with Gasteiger partial charge in [0.25, 0.3) is 0 Å². The summed E-state index contributed by atoms with van der Waals surface area (Å²) in [7, 11) is 0. The number of hydrogen-bond donors (Lipinski definition) is 0. The van der Waals surface area contributed by atoms with Gasteiger partial charge in [-0.15, -0.1) is 47.5 Å². The van der Waals surface area contributed by atoms with Crippen LogP contribution in [0.4, 0.5) is 0 Å². The van der Waals surface area contributed by atoms with E-state index in [1.54, 1.807) is 54.6 Å². The first-order valence-corrected chi connectivity index (χ1v) is 16.6. The third kappa shape index (κ3) is 7.81. The number of pyridine rings is 2. The van der Waals surface area contributed by atoms with E-state index < -0.39 is 34.3 Å². The summed E-state index contributed by atoms with van der Waals surface area (Å²) >= 11 is 0. The number of fused-ring (bicyclic) bond motifs is 3. The summed E-state index contributed by atoms with van der Waals surface area (Å²) in [6.45, 7) is -6.02. The Labute approximate surface area is 348 Å². The van der Waals surface area contributed by atoms with E-state index in [-0.39, 0.29) is 70.0 Å².